The third kappa shape index (κ3) is 2.19. The van der Waals surface area contributed by atoms with E-state index in [1.165, 1.54) is 17.1 Å². The second-order valence-electron chi connectivity index (χ2n) is 3.95. The van der Waals surface area contributed by atoms with Crippen LogP contribution in [0.25, 0.3) is 0 Å². The van der Waals surface area contributed by atoms with Crippen molar-refractivity contribution in [2.45, 2.75) is 19.8 Å². The molecule has 0 saturated heterocycles. The molecule has 84 valence electrons. The highest BCUT2D eigenvalue weighted by Crippen LogP contribution is 2.25. The van der Waals surface area contributed by atoms with Crippen LogP contribution in [0, 0.1) is 0 Å². The van der Waals surface area contributed by atoms with Crippen LogP contribution in [-0.2, 0) is 0 Å². The fourth-order valence-corrected chi connectivity index (χ4v) is 1.90. The molecule has 16 heavy (non-hydrogen) atoms. The summed E-state index contributed by atoms with van der Waals surface area (Å²) < 4.78 is 3.75. The number of aromatic nitrogens is 3. The summed E-state index contributed by atoms with van der Waals surface area (Å²) >= 11 is 1.29. The van der Waals surface area contributed by atoms with Gasteiger partial charge >= 0.3 is 0 Å². The van der Waals surface area contributed by atoms with Gasteiger partial charge in [0.2, 0.25) is 5.13 Å². The highest BCUT2D eigenvalue weighted by atomic mass is 32.1. The second-order valence-corrected chi connectivity index (χ2v) is 4.66. The van der Waals surface area contributed by atoms with Crippen molar-refractivity contribution in [1.29, 1.82) is 0 Å². The van der Waals surface area contributed by atoms with Crippen molar-refractivity contribution in [2.75, 3.05) is 11.9 Å². The van der Waals surface area contributed by atoms with E-state index in [0.717, 1.165) is 10.8 Å². The normalized spacial score (nSPS) is 10.8. The molecule has 0 unspecified atom stereocenters. The molecule has 5 heteroatoms. The molecule has 0 atom stereocenters. The first-order valence-electron chi connectivity index (χ1n) is 5.17. The Balaban J connectivity index is 2.22. The molecule has 0 aliphatic rings. The summed E-state index contributed by atoms with van der Waals surface area (Å²) in [4.78, 5) is 1.98. The maximum atomic E-state index is 3.93. The minimum atomic E-state index is 0.558. The number of rotatable bonds is 3. The molecular weight excluding hydrogens is 220 g/mol. The zero-order chi connectivity index (χ0) is 11.5. The van der Waals surface area contributed by atoms with Crippen molar-refractivity contribution in [2.24, 2.45) is 0 Å². The van der Waals surface area contributed by atoms with Crippen LogP contribution in [0.5, 0.6) is 0 Å². The molecule has 2 aromatic rings. The van der Waals surface area contributed by atoms with Gasteiger partial charge in [0.05, 0.1) is 0 Å². The summed E-state index contributed by atoms with van der Waals surface area (Å²) in [6.07, 6.45) is 0. The van der Waals surface area contributed by atoms with Gasteiger partial charge in [-0.2, -0.15) is 0 Å². The Morgan fingerprint density at radius 2 is 1.88 bits per heavy atom. The zero-order valence-electron chi connectivity index (χ0n) is 9.58. The number of hydrogen-bond donors (Lipinski definition) is 0. The maximum absolute atomic E-state index is 3.93. The number of benzene rings is 1. The standard InChI is InChI=1S/C11H14N4S/c1-8(2)9-4-6-10(7-5-9)15(3)11-12-13-14-16-11/h4-8H,1-3H3. The Hall–Kier alpha value is -1.49. The molecule has 2 rings (SSSR count). The highest BCUT2D eigenvalue weighted by molar-refractivity contribution is 7.09. The zero-order valence-corrected chi connectivity index (χ0v) is 10.4. The van der Waals surface area contributed by atoms with Crippen LogP contribution in [0.1, 0.15) is 25.3 Å². The summed E-state index contributed by atoms with van der Waals surface area (Å²) in [7, 11) is 1.96. The van der Waals surface area contributed by atoms with E-state index >= 15 is 0 Å². The van der Waals surface area contributed by atoms with Crippen LogP contribution < -0.4 is 4.90 Å². The van der Waals surface area contributed by atoms with Crippen molar-refractivity contribution >= 4 is 22.4 Å². The molecule has 0 N–H and O–H groups in total. The van der Waals surface area contributed by atoms with E-state index < -0.39 is 0 Å². The van der Waals surface area contributed by atoms with Crippen molar-refractivity contribution in [3.8, 4) is 0 Å². The van der Waals surface area contributed by atoms with Gasteiger partial charge in [-0.05, 0) is 28.8 Å². The van der Waals surface area contributed by atoms with Crippen LogP contribution in [0.3, 0.4) is 0 Å². The Morgan fingerprint density at radius 1 is 1.19 bits per heavy atom. The summed E-state index contributed by atoms with van der Waals surface area (Å²) in [6, 6.07) is 8.48. The molecule has 1 aromatic carbocycles. The first-order chi connectivity index (χ1) is 7.68. The third-order valence-corrected chi connectivity index (χ3v) is 3.20. The van der Waals surface area contributed by atoms with Crippen molar-refractivity contribution in [3.63, 3.8) is 0 Å². The van der Waals surface area contributed by atoms with E-state index in [4.69, 9.17) is 0 Å². The molecule has 0 radical (unpaired) electrons. The molecule has 0 saturated carbocycles. The van der Waals surface area contributed by atoms with Gasteiger partial charge in [0.1, 0.15) is 0 Å². The number of hydrogen-bond acceptors (Lipinski definition) is 5. The topological polar surface area (TPSA) is 41.9 Å². The van der Waals surface area contributed by atoms with Crippen LogP contribution in [-0.4, -0.2) is 21.8 Å². The quantitative estimate of drug-likeness (QED) is 0.819. The predicted octanol–water partition coefficient (Wildman–Crippen LogP) is 2.82. The van der Waals surface area contributed by atoms with Gasteiger partial charge in [-0.25, -0.2) is 0 Å². The number of nitrogens with zero attached hydrogens (tertiary/aromatic N) is 4. The molecule has 0 aliphatic heterocycles. The predicted molar refractivity (Wildman–Crippen MR) is 66.3 cm³/mol. The molecule has 0 amide bonds. The lowest BCUT2D eigenvalue weighted by Gasteiger charge is -2.15. The van der Waals surface area contributed by atoms with Crippen LogP contribution in [0.2, 0.25) is 0 Å². The lowest BCUT2D eigenvalue weighted by Crippen LogP contribution is -2.09. The van der Waals surface area contributed by atoms with E-state index in [1.807, 2.05) is 11.9 Å². The Kier molecular flexibility index (Phi) is 3.14. The average Bonchev–Trinajstić information content (AvgIpc) is 2.81. The van der Waals surface area contributed by atoms with Gasteiger partial charge in [0.25, 0.3) is 0 Å². The minimum Gasteiger partial charge on any atom is -0.318 e. The monoisotopic (exact) mass is 234 g/mol. The lowest BCUT2D eigenvalue weighted by molar-refractivity contribution is 0.866. The van der Waals surface area contributed by atoms with E-state index in [9.17, 15) is 0 Å². The smallest absolute Gasteiger partial charge is 0.232 e. The van der Waals surface area contributed by atoms with Crippen molar-refractivity contribution in [1.82, 2.24) is 14.8 Å². The molecule has 1 heterocycles. The summed E-state index contributed by atoms with van der Waals surface area (Å²) in [5, 5.41) is 8.33. The van der Waals surface area contributed by atoms with Gasteiger partial charge in [-0.15, -0.1) is 0 Å². The summed E-state index contributed by atoms with van der Waals surface area (Å²) in [5.41, 5.74) is 2.44. The van der Waals surface area contributed by atoms with Crippen LogP contribution in [0.15, 0.2) is 24.3 Å². The SMILES string of the molecule is CC(C)c1ccc(N(C)c2nnns2)cc1. The summed E-state index contributed by atoms with van der Waals surface area (Å²) in [5.74, 6) is 0.558. The second kappa shape index (κ2) is 4.57. The molecule has 1 aromatic heterocycles. The Labute approximate surface area is 99.1 Å². The van der Waals surface area contributed by atoms with Gasteiger partial charge in [0, 0.05) is 24.3 Å². The Morgan fingerprint density at radius 3 is 2.38 bits per heavy atom. The molecule has 0 spiro atoms. The fraction of sp³-hybridized carbons (Fsp3) is 0.364. The van der Waals surface area contributed by atoms with E-state index in [-0.39, 0.29) is 0 Å². The molecular formula is C11H14N4S. The first kappa shape index (κ1) is 11.0. The molecule has 4 nitrogen and oxygen atoms in total. The number of anilines is 2. The van der Waals surface area contributed by atoms with Gasteiger partial charge in [-0.1, -0.05) is 35.6 Å². The average molecular weight is 234 g/mol. The highest BCUT2D eigenvalue weighted by Gasteiger charge is 2.08. The van der Waals surface area contributed by atoms with Gasteiger partial charge in [0.15, 0.2) is 0 Å². The largest absolute Gasteiger partial charge is 0.318 e. The van der Waals surface area contributed by atoms with E-state index in [1.54, 1.807) is 0 Å². The van der Waals surface area contributed by atoms with Gasteiger partial charge < -0.3 is 4.90 Å². The van der Waals surface area contributed by atoms with Crippen molar-refractivity contribution < 1.29 is 0 Å². The lowest BCUT2D eigenvalue weighted by atomic mass is 10.0. The first-order valence-corrected chi connectivity index (χ1v) is 5.94. The van der Waals surface area contributed by atoms with Crippen LogP contribution in [0.4, 0.5) is 10.8 Å². The van der Waals surface area contributed by atoms with Crippen LogP contribution >= 0.6 is 11.5 Å². The van der Waals surface area contributed by atoms with E-state index in [0.29, 0.717) is 5.92 Å². The summed E-state index contributed by atoms with van der Waals surface area (Å²) in [6.45, 7) is 4.38. The maximum Gasteiger partial charge on any atom is 0.232 e. The third-order valence-electron chi connectivity index (χ3n) is 2.52. The Bertz CT molecular complexity index is 436. The minimum absolute atomic E-state index is 0.558. The van der Waals surface area contributed by atoms with E-state index in [2.05, 4.69) is 52.9 Å². The molecule has 0 fully saturated rings. The fourth-order valence-electron chi connectivity index (χ4n) is 1.45. The van der Waals surface area contributed by atoms with Crippen molar-refractivity contribution in [3.05, 3.63) is 29.8 Å². The molecule has 0 bridgehead atoms. The van der Waals surface area contributed by atoms with Gasteiger partial charge in [-0.3, -0.25) is 0 Å². The molecule has 0 aliphatic carbocycles.